The zero-order valence-corrected chi connectivity index (χ0v) is 11.7. The predicted molar refractivity (Wildman–Crippen MR) is 82.5 cm³/mol. The molecule has 1 atom stereocenters. The van der Waals surface area contributed by atoms with Crippen molar-refractivity contribution in [3.8, 4) is 0 Å². The Morgan fingerprint density at radius 3 is 3.29 bits per heavy atom. The highest BCUT2D eigenvalue weighted by Crippen LogP contribution is 2.21. The molecule has 21 heavy (non-hydrogen) atoms. The first-order valence-electron chi connectivity index (χ1n) is 10.1. The zero-order valence-electron chi connectivity index (χ0n) is 18.7. The summed E-state index contributed by atoms with van der Waals surface area (Å²) in [6, 6.07) is 4.72. The van der Waals surface area contributed by atoms with Crippen LogP contribution >= 0.6 is 0 Å². The van der Waals surface area contributed by atoms with Crippen molar-refractivity contribution in [3.63, 3.8) is 0 Å². The van der Waals surface area contributed by atoms with Crippen LogP contribution in [0, 0.1) is 0 Å². The van der Waals surface area contributed by atoms with Crippen LogP contribution in [0.5, 0.6) is 0 Å². The van der Waals surface area contributed by atoms with E-state index in [0.717, 1.165) is 20.8 Å². The van der Waals surface area contributed by atoms with Gasteiger partial charge in [-0.05, 0) is 50.1 Å². The van der Waals surface area contributed by atoms with Gasteiger partial charge in [-0.15, -0.1) is 0 Å². The standard InChI is InChI=1S/C16H21N3O2/c1-19(2)6-5-12-9-17-15-4-3-11(8-14(12)15)7-13-10-21-16(20)18-13/h3-4,8-9,13,17H,5-7,10H2,1-2H3,(H,18,20)/t13-/m0/s1/i1D3,5D2/hD2. The summed E-state index contributed by atoms with van der Waals surface area (Å²) >= 11 is 0. The minimum atomic E-state index is -2.43. The van der Waals surface area contributed by atoms with Gasteiger partial charge in [0.25, 0.3) is 0 Å². The van der Waals surface area contributed by atoms with Gasteiger partial charge in [0.15, 0.2) is 2.82 Å². The quantitative estimate of drug-likeness (QED) is 0.886. The van der Waals surface area contributed by atoms with Crippen molar-refractivity contribution in [1.82, 2.24) is 15.2 Å². The fraction of sp³-hybridized carbons (Fsp3) is 0.438. The Kier molecular flexibility index (Phi) is 2.16. The molecule has 3 rings (SSSR count). The van der Waals surface area contributed by atoms with Crippen LogP contribution in [-0.2, 0) is 17.5 Å². The fourth-order valence-corrected chi connectivity index (χ4v) is 2.35. The third-order valence-electron chi connectivity index (χ3n) is 3.35. The summed E-state index contributed by atoms with van der Waals surface area (Å²) in [6.45, 7) is -2.68. The van der Waals surface area contributed by atoms with Crippen LogP contribution in [0.25, 0.3) is 10.9 Å². The third-order valence-corrected chi connectivity index (χ3v) is 3.35. The first-order chi connectivity index (χ1) is 12.9. The molecule has 0 aliphatic carbocycles. The molecule has 1 fully saturated rings. The molecule has 0 unspecified atom stereocenters. The molecule has 0 spiro atoms. The number of rotatable bonds is 5. The van der Waals surface area contributed by atoms with Crippen LogP contribution in [0.3, 0.4) is 0 Å². The van der Waals surface area contributed by atoms with E-state index in [1.54, 1.807) is 18.2 Å². The van der Waals surface area contributed by atoms with Crippen LogP contribution in [0.15, 0.2) is 24.4 Å². The molecule has 1 amide bonds. The number of carbonyl (C=O) groups excluding carboxylic acids is 1. The van der Waals surface area contributed by atoms with E-state index in [-0.39, 0.29) is 18.7 Å². The second-order valence-electron chi connectivity index (χ2n) is 5.12. The summed E-state index contributed by atoms with van der Waals surface area (Å²) in [4.78, 5) is 13.4. The number of benzene rings is 1. The lowest BCUT2D eigenvalue weighted by molar-refractivity contribution is 0.177. The van der Waals surface area contributed by atoms with E-state index in [1.807, 2.05) is 0 Å². The van der Waals surface area contributed by atoms with Crippen LogP contribution in [0.2, 0.25) is 2.82 Å². The van der Waals surface area contributed by atoms with Gasteiger partial charge in [0.1, 0.15) is 6.61 Å². The maximum absolute atomic E-state index is 11.3. The van der Waals surface area contributed by atoms with E-state index in [0.29, 0.717) is 17.3 Å². The van der Waals surface area contributed by atoms with E-state index in [9.17, 15) is 4.79 Å². The number of fused-ring (bicyclic) bond motifs is 1. The summed E-state index contributed by atoms with van der Waals surface area (Å²) in [5.41, 5.74) is 1.47. The number of cyclic esters (lactones) is 1. The SMILES string of the molecule is [2H]N1C(=O)OC[C@@H]1Cc1ccc2c(c1)c(C([2H])([2H])CN(C)C([2H])([2H])[2H])cn2[2H]. The zero-order chi connectivity index (χ0) is 20.9. The Hall–Kier alpha value is -2.01. The van der Waals surface area contributed by atoms with E-state index in [2.05, 4.69) is 0 Å². The average Bonchev–Trinajstić information content (AvgIpc) is 3.08. The number of amides is 1. The maximum Gasteiger partial charge on any atom is 0.407 e. The fourth-order valence-electron chi connectivity index (χ4n) is 2.35. The van der Waals surface area contributed by atoms with Crippen LogP contribution in [0.1, 0.15) is 18.0 Å². The smallest absolute Gasteiger partial charge is 0.407 e. The second kappa shape index (κ2) is 5.77. The van der Waals surface area contributed by atoms with Gasteiger partial charge < -0.3 is 19.9 Å². The van der Waals surface area contributed by atoms with Crippen molar-refractivity contribution < 1.29 is 19.2 Å². The molecular formula is C16H21N3O2. The van der Waals surface area contributed by atoms with E-state index < -0.39 is 25.5 Å². The first-order valence-corrected chi connectivity index (χ1v) is 6.70. The van der Waals surface area contributed by atoms with Crippen molar-refractivity contribution in [2.45, 2.75) is 18.8 Å². The minimum Gasteiger partial charge on any atom is -0.447 e. The summed E-state index contributed by atoms with van der Waals surface area (Å²) < 4.78 is 59.7. The highest BCUT2D eigenvalue weighted by atomic mass is 16.6. The van der Waals surface area contributed by atoms with Crippen LogP contribution < -0.4 is 5.31 Å². The third kappa shape index (κ3) is 3.19. The Bertz CT molecular complexity index is 896. The number of aromatic amines is 1. The van der Waals surface area contributed by atoms with Crippen LogP contribution in [-0.4, -0.2) is 49.2 Å². The Labute approximate surface area is 134 Å². The lowest BCUT2D eigenvalue weighted by Crippen LogP contribution is -2.28. The van der Waals surface area contributed by atoms with Gasteiger partial charge in [0.2, 0.25) is 0 Å². The second-order valence-corrected chi connectivity index (χ2v) is 5.12. The van der Waals surface area contributed by atoms with Gasteiger partial charge in [-0.1, -0.05) is 6.07 Å². The number of ether oxygens (including phenoxy) is 1. The number of hydrogen-bond donors (Lipinski definition) is 2. The Balaban J connectivity index is 1.93. The first kappa shape index (κ1) is 7.84. The summed E-state index contributed by atoms with van der Waals surface area (Å²) in [7, 11) is 1.33. The number of likely N-dealkylation sites (N-methyl/N-ethyl adjacent to an activating group) is 1. The number of nitrogens with zero attached hydrogens (tertiary/aromatic N) is 1. The molecule has 2 N–H and O–H groups in total. The van der Waals surface area contributed by atoms with Crippen LogP contribution in [0.4, 0.5) is 4.79 Å². The van der Waals surface area contributed by atoms with Crippen molar-refractivity contribution in [2.24, 2.45) is 0 Å². The number of alkyl carbamates (subject to hydrolysis) is 1. The molecule has 2 heterocycles. The molecule has 1 aromatic heterocycles. The molecule has 0 bridgehead atoms. The van der Waals surface area contributed by atoms with E-state index >= 15 is 0 Å². The minimum absolute atomic E-state index is 0.108. The number of nitrogens with one attached hydrogen (secondary N) is 2. The van der Waals surface area contributed by atoms with Crippen molar-refractivity contribution >= 4 is 17.0 Å². The molecule has 0 saturated carbocycles. The molecule has 112 valence electrons. The lowest BCUT2D eigenvalue weighted by atomic mass is 10.0. The molecule has 5 heteroatoms. The van der Waals surface area contributed by atoms with Crippen molar-refractivity contribution in [3.05, 3.63) is 35.5 Å². The molecule has 0 radical (unpaired) electrons. The highest BCUT2D eigenvalue weighted by molar-refractivity contribution is 5.84. The Morgan fingerprint density at radius 2 is 2.52 bits per heavy atom. The summed E-state index contributed by atoms with van der Waals surface area (Å²) in [6.07, 6.45) is -0.999. The molecular weight excluding hydrogens is 266 g/mol. The maximum atomic E-state index is 11.3. The van der Waals surface area contributed by atoms with Gasteiger partial charge in [0.05, 0.1) is 6.04 Å². The Morgan fingerprint density at radius 1 is 1.62 bits per heavy atom. The van der Waals surface area contributed by atoms with Crippen molar-refractivity contribution in [1.29, 1.82) is 0 Å². The van der Waals surface area contributed by atoms with E-state index in [4.69, 9.17) is 14.4 Å². The average molecular weight is 294 g/mol. The number of aromatic nitrogens is 1. The topological polar surface area (TPSA) is 57.4 Å². The predicted octanol–water partition coefficient (Wildman–Crippen LogP) is 1.92. The van der Waals surface area contributed by atoms with Gasteiger partial charge in [-0.3, -0.25) is 0 Å². The molecule has 1 aliphatic rings. The van der Waals surface area contributed by atoms with Gasteiger partial charge in [0, 0.05) is 30.5 Å². The molecule has 2 aromatic rings. The molecule has 1 saturated heterocycles. The molecule has 1 aromatic carbocycles. The monoisotopic (exact) mass is 294 g/mol. The van der Waals surface area contributed by atoms with Gasteiger partial charge in [-0.25, -0.2) is 4.79 Å². The van der Waals surface area contributed by atoms with Gasteiger partial charge in [-0.2, -0.15) is 0 Å². The largest absolute Gasteiger partial charge is 0.447 e. The number of carbonyl (C=O) groups is 1. The highest BCUT2D eigenvalue weighted by Gasteiger charge is 2.22. The normalized spacial score (nSPS) is 24.9. The van der Waals surface area contributed by atoms with E-state index in [1.165, 1.54) is 13.2 Å². The summed E-state index contributed by atoms with van der Waals surface area (Å²) in [5, 5.41) is 1.28. The molecule has 5 nitrogen and oxygen atoms in total. The molecule has 1 aliphatic heterocycles. The lowest BCUT2D eigenvalue weighted by Gasteiger charge is -2.09. The van der Waals surface area contributed by atoms with Gasteiger partial charge >= 0.3 is 6.09 Å². The number of H-pyrrole nitrogens is 1. The summed E-state index contributed by atoms with van der Waals surface area (Å²) in [5.74, 6) is 0. The van der Waals surface area contributed by atoms with Crippen molar-refractivity contribution in [2.75, 3.05) is 27.2 Å². The number of hydrogen-bond acceptors (Lipinski definition) is 3.